The van der Waals surface area contributed by atoms with E-state index in [1.54, 1.807) is 0 Å². The first kappa shape index (κ1) is 16.3. The molecule has 0 aromatic heterocycles. The van der Waals surface area contributed by atoms with Gasteiger partial charge in [0.1, 0.15) is 4.75 Å². The molecule has 0 aliphatic heterocycles. The van der Waals surface area contributed by atoms with E-state index in [-0.39, 0.29) is 26.4 Å². The molecule has 0 unspecified atom stereocenters. The van der Waals surface area contributed by atoms with Crippen LogP contribution in [-0.2, 0) is 19.4 Å². The van der Waals surface area contributed by atoms with E-state index in [1.807, 2.05) is 0 Å². The molecule has 0 bridgehead atoms. The zero-order chi connectivity index (χ0) is 13.7. The second-order valence-corrected chi connectivity index (χ2v) is 6.91. The van der Waals surface area contributed by atoms with E-state index in [4.69, 9.17) is 9.84 Å². The molecule has 6 nitrogen and oxygen atoms in total. The van der Waals surface area contributed by atoms with Gasteiger partial charge in [0, 0.05) is 19.8 Å². The first-order valence-electron chi connectivity index (χ1n) is 5.28. The van der Waals surface area contributed by atoms with Crippen LogP contribution in [-0.4, -0.2) is 68.7 Å². The Morgan fingerprint density at radius 1 is 1.35 bits per heavy atom. The highest BCUT2D eigenvalue weighted by molar-refractivity contribution is 7.92. The molecule has 1 N–H and O–H groups in total. The quantitative estimate of drug-likeness (QED) is 0.615. The van der Waals surface area contributed by atoms with Crippen LogP contribution in [0.1, 0.15) is 13.8 Å². The van der Waals surface area contributed by atoms with Gasteiger partial charge in [-0.3, -0.25) is 4.79 Å². The summed E-state index contributed by atoms with van der Waals surface area (Å²) in [6.07, 6.45) is 1.04. The Labute approximate surface area is 102 Å². The smallest absolute Gasteiger partial charge is 0.243 e. The van der Waals surface area contributed by atoms with Crippen molar-refractivity contribution in [1.82, 2.24) is 4.90 Å². The standard InChI is InChI=1S/C10H21NO5S/c1-10(2,17(4,14)15)9(13)11(3)5-7-16-8-6-12/h12H,5-8H2,1-4H3. The Bertz CT molecular complexity index is 350. The Morgan fingerprint density at radius 2 is 1.88 bits per heavy atom. The summed E-state index contributed by atoms with van der Waals surface area (Å²) in [4.78, 5) is 13.2. The van der Waals surface area contributed by atoms with Crippen molar-refractivity contribution in [3.63, 3.8) is 0 Å². The van der Waals surface area contributed by atoms with Crippen LogP contribution in [0.5, 0.6) is 0 Å². The van der Waals surface area contributed by atoms with Crippen molar-refractivity contribution in [2.75, 3.05) is 39.7 Å². The van der Waals surface area contributed by atoms with Gasteiger partial charge < -0.3 is 14.7 Å². The fourth-order valence-electron chi connectivity index (χ4n) is 1.09. The summed E-state index contributed by atoms with van der Waals surface area (Å²) in [5.41, 5.74) is 0. The van der Waals surface area contributed by atoms with Crippen LogP contribution in [0.3, 0.4) is 0 Å². The molecule has 0 saturated heterocycles. The third-order valence-electron chi connectivity index (χ3n) is 2.60. The second kappa shape index (κ2) is 6.32. The molecule has 0 radical (unpaired) electrons. The lowest BCUT2D eigenvalue weighted by Crippen LogP contribution is -2.49. The van der Waals surface area contributed by atoms with Crippen LogP contribution in [0.15, 0.2) is 0 Å². The zero-order valence-corrected chi connectivity index (χ0v) is 11.6. The third kappa shape index (κ3) is 4.61. The number of hydrogen-bond acceptors (Lipinski definition) is 5. The average Bonchev–Trinajstić information content (AvgIpc) is 2.21. The topological polar surface area (TPSA) is 83.9 Å². The van der Waals surface area contributed by atoms with Gasteiger partial charge >= 0.3 is 0 Å². The van der Waals surface area contributed by atoms with Gasteiger partial charge in [0.15, 0.2) is 9.84 Å². The number of sulfone groups is 1. The molecule has 0 rings (SSSR count). The van der Waals surface area contributed by atoms with E-state index in [2.05, 4.69) is 0 Å². The molecule has 0 aromatic rings. The summed E-state index contributed by atoms with van der Waals surface area (Å²) in [5, 5.41) is 8.49. The van der Waals surface area contributed by atoms with Crippen LogP contribution in [0.2, 0.25) is 0 Å². The molecule has 0 atom stereocenters. The number of aliphatic hydroxyl groups is 1. The minimum Gasteiger partial charge on any atom is -0.394 e. The predicted octanol–water partition coefficient (Wildman–Crippen LogP) is -0.723. The van der Waals surface area contributed by atoms with Crippen molar-refractivity contribution in [1.29, 1.82) is 0 Å². The lowest BCUT2D eigenvalue weighted by atomic mass is 10.2. The van der Waals surface area contributed by atoms with E-state index in [0.717, 1.165) is 6.26 Å². The highest BCUT2D eigenvalue weighted by Gasteiger charge is 2.40. The Morgan fingerprint density at radius 3 is 2.29 bits per heavy atom. The van der Waals surface area contributed by atoms with E-state index in [9.17, 15) is 13.2 Å². The third-order valence-corrected chi connectivity index (χ3v) is 4.62. The number of aliphatic hydroxyl groups excluding tert-OH is 1. The van der Waals surface area contributed by atoms with Gasteiger partial charge in [0.2, 0.25) is 5.91 Å². The maximum Gasteiger partial charge on any atom is 0.243 e. The Hall–Kier alpha value is -0.660. The molecule has 0 aliphatic rings. The van der Waals surface area contributed by atoms with Crippen LogP contribution in [0, 0.1) is 0 Å². The minimum atomic E-state index is -3.45. The van der Waals surface area contributed by atoms with Gasteiger partial charge in [-0.15, -0.1) is 0 Å². The van der Waals surface area contributed by atoms with Gasteiger partial charge in [0.25, 0.3) is 0 Å². The van der Waals surface area contributed by atoms with Crippen molar-refractivity contribution < 1.29 is 23.1 Å². The summed E-state index contributed by atoms with van der Waals surface area (Å²) in [5.74, 6) is -0.465. The number of carbonyl (C=O) groups excluding carboxylic acids is 1. The lowest BCUT2D eigenvalue weighted by Gasteiger charge is -2.27. The first-order valence-corrected chi connectivity index (χ1v) is 7.17. The molecule has 0 aliphatic carbocycles. The van der Waals surface area contributed by atoms with Crippen LogP contribution in [0.4, 0.5) is 0 Å². The van der Waals surface area contributed by atoms with Crippen molar-refractivity contribution in [3.05, 3.63) is 0 Å². The molecule has 0 saturated carbocycles. The van der Waals surface area contributed by atoms with Crippen molar-refractivity contribution in [2.24, 2.45) is 0 Å². The normalized spacial score (nSPS) is 12.5. The number of nitrogens with zero attached hydrogens (tertiary/aromatic N) is 1. The molecule has 0 spiro atoms. The summed E-state index contributed by atoms with van der Waals surface area (Å²) >= 11 is 0. The molecular formula is C10H21NO5S. The van der Waals surface area contributed by atoms with E-state index >= 15 is 0 Å². The van der Waals surface area contributed by atoms with Gasteiger partial charge in [0.05, 0.1) is 19.8 Å². The van der Waals surface area contributed by atoms with Crippen molar-refractivity contribution in [2.45, 2.75) is 18.6 Å². The molecule has 102 valence electrons. The van der Waals surface area contributed by atoms with Crippen LogP contribution < -0.4 is 0 Å². The summed E-state index contributed by atoms with van der Waals surface area (Å²) in [6, 6.07) is 0. The number of hydrogen-bond donors (Lipinski definition) is 1. The number of amides is 1. The fourth-order valence-corrected chi connectivity index (χ4v) is 1.56. The largest absolute Gasteiger partial charge is 0.394 e. The van der Waals surface area contributed by atoms with Gasteiger partial charge in [-0.2, -0.15) is 0 Å². The van der Waals surface area contributed by atoms with E-state index < -0.39 is 20.5 Å². The number of likely N-dealkylation sites (N-methyl/N-ethyl adjacent to an activating group) is 1. The highest BCUT2D eigenvalue weighted by Crippen LogP contribution is 2.17. The summed E-state index contributed by atoms with van der Waals surface area (Å²) in [7, 11) is -1.93. The number of rotatable bonds is 7. The summed E-state index contributed by atoms with van der Waals surface area (Å²) in [6.45, 7) is 3.45. The molecular weight excluding hydrogens is 246 g/mol. The van der Waals surface area contributed by atoms with E-state index in [0.29, 0.717) is 0 Å². The van der Waals surface area contributed by atoms with E-state index in [1.165, 1.54) is 25.8 Å². The van der Waals surface area contributed by atoms with Gasteiger partial charge in [-0.25, -0.2) is 8.42 Å². The fraction of sp³-hybridized carbons (Fsp3) is 0.900. The Balaban J connectivity index is 4.41. The first-order chi connectivity index (χ1) is 7.64. The highest BCUT2D eigenvalue weighted by atomic mass is 32.2. The second-order valence-electron chi connectivity index (χ2n) is 4.35. The molecule has 0 fully saturated rings. The average molecular weight is 267 g/mol. The molecule has 17 heavy (non-hydrogen) atoms. The van der Waals surface area contributed by atoms with Crippen molar-refractivity contribution in [3.8, 4) is 0 Å². The van der Waals surface area contributed by atoms with Gasteiger partial charge in [-0.05, 0) is 13.8 Å². The SMILES string of the molecule is CN(CCOCCO)C(=O)C(C)(C)S(C)(=O)=O. The van der Waals surface area contributed by atoms with Gasteiger partial charge in [-0.1, -0.05) is 0 Å². The lowest BCUT2D eigenvalue weighted by molar-refractivity contribution is -0.132. The molecule has 1 amide bonds. The zero-order valence-electron chi connectivity index (χ0n) is 10.8. The Kier molecular flexibility index (Phi) is 6.08. The summed E-state index contributed by atoms with van der Waals surface area (Å²) < 4.78 is 26.5. The number of ether oxygens (including phenoxy) is 1. The minimum absolute atomic E-state index is 0.0769. The van der Waals surface area contributed by atoms with Crippen LogP contribution >= 0.6 is 0 Å². The maximum absolute atomic E-state index is 11.9. The number of carbonyl (C=O) groups is 1. The molecule has 7 heteroatoms. The monoisotopic (exact) mass is 267 g/mol. The molecule has 0 aromatic carbocycles. The predicted molar refractivity (Wildman–Crippen MR) is 64.5 cm³/mol. The van der Waals surface area contributed by atoms with Crippen LogP contribution in [0.25, 0.3) is 0 Å². The maximum atomic E-state index is 11.9. The molecule has 0 heterocycles. The van der Waals surface area contributed by atoms with Crippen molar-refractivity contribution >= 4 is 15.7 Å².